The fourth-order valence-corrected chi connectivity index (χ4v) is 1.62. The molecule has 0 amide bonds. The topological polar surface area (TPSA) is 28.7 Å². The van der Waals surface area contributed by atoms with E-state index in [1.165, 1.54) is 11.8 Å². The van der Waals surface area contributed by atoms with E-state index in [2.05, 4.69) is 22.1 Å². The monoisotopic (exact) mass is 132 g/mol. The van der Waals surface area contributed by atoms with Crippen LogP contribution in [0.2, 0.25) is 0 Å². The van der Waals surface area contributed by atoms with Gasteiger partial charge in [-0.3, -0.25) is 0 Å². The van der Waals surface area contributed by atoms with Gasteiger partial charge in [0.1, 0.15) is 0 Å². The molecule has 1 saturated carbocycles. The number of nitrogens with one attached hydrogen (secondary N) is 1. The number of fused-ring (bicyclic) bond motifs is 2. The van der Waals surface area contributed by atoms with Gasteiger partial charge in [-0.15, -0.1) is 0 Å². The molecule has 2 heteroatoms. The average Bonchev–Trinajstić information content (AvgIpc) is 2.52. The van der Waals surface area contributed by atoms with Crippen molar-refractivity contribution < 1.29 is 0 Å². The molecule has 2 aliphatic carbocycles. The molecule has 10 heavy (non-hydrogen) atoms. The van der Waals surface area contributed by atoms with Crippen LogP contribution in [-0.2, 0) is 0 Å². The lowest BCUT2D eigenvalue weighted by Crippen LogP contribution is -2.26. The highest BCUT2D eigenvalue weighted by atomic mass is 14.9. The van der Waals surface area contributed by atoms with E-state index in [4.69, 9.17) is 0 Å². The third kappa shape index (κ3) is 0.467. The summed E-state index contributed by atoms with van der Waals surface area (Å²) in [5, 5.41) is 2.37. The second-order valence-corrected chi connectivity index (χ2v) is 3.10. The zero-order valence-corrected chi connectivity index (χ0v) is 5.54. The summed E-state index contributed by atoms with van der Waals surface area (Å²) in [7, 11) is 0. The van der Waals surface area contributed by atoms with E-state index < -0.39 is 0 Å². The fourth-order valence-electron chi connectivity index (χ4n) is 1.62. The maximum atomic E-state index is 4.19. The summed E-state index contributed by atoms with van der Waals surface area (Å²) >= 11 is 0. The molecule has 1 fully saturated rings. The van der Waals surface area contributed by atoms with Crippen LogP contribution in [0.4, 0.5) is 0 Å². The standard InChI is InChI=1S/C8H8N2/c1-5-2-7-8(3-6(1)5)10-4-9-7/h2-6H,1H2,(H,9,10). The van der Waals surface area contributed by atoms with Gasteiger partial charge in [-0.2, -0.15) is 0 Å². The van der Waals surface area contributed by atoms with Crippen LogP contribution in [0.25, 0.3) is 12.2 Å². The summed E-state index contributed by atoms with van der Waals surface area (Å²) in [5.41, 5.74) is 0. The Morgan fingerprint density at radius 1 is 1.40 bits per heavy atom. The van der Waals surface area contributed by atoms with Gasteiger partial charge in [0, 0.05) is 0 Å². The van der Waals surface area contributed by atoms with Crippen molar-refractivity contribution in [2.45, 2.75) is 6.42 Å². The molecule has 1 heterocycles. The van der Waals surface area contributed by atoms with Gasteiger partial charge in [0.2, 0.25) is 0 Å². The average molecular weight is 132 g/mol. The second kappa shape index (κ2) is 1.34. The predicted molar refractivity (Wildman–Crippen MR) is 38.4 cm³/mol. The third-order valence-electron chi connectivity index (χ3n) is 2.34. The molecule has 0 saturated heterocycles. The first-order chi connectivity index (χ1) is 4.93. The van der Waals surface area contributed by atoms with Crippen LogP contribution < -0.4 is 10.7 Å². The van der Waals surface area contributed by atoms with Crippen molar-refractivity contribution in [3.8, 4) is 0 Å². The maximum Gasteiger partial charge on any atom is 0.0931 e. The number of H-pyrrole nitrogens is 1. The largest absolute Gasteiger partial charge is 0.345 e. The molecule has 0 aromatic carbocycles. The first-order valence-corrected chi connectivity index (χ1v) is 3.66. The van der Waals surface area contributed by atoms with Gasteiger partial charge in [-0.05, 0) is 18.3 Å². The van der Waals surface area contributed by atoms with Gasteiger partial charge >= 0.3 is 0 Å². The van der Waals surface area contributed by atoms with Gasteiger partial charge in [-0.1, -0.05) is 12.2 Å². The summed E-state index contributed by atoms with van der Waals surface area (Å²) in [6.45, 7) is 0. The number of imidazole rings is 1. The fraction of sp³-hybridized carbons (Fsp3) is 0.375. The zero-order chi connectivity index (χ0) is 6.55. The smallest absolute Gasteiger partial charge is 0.0931 e. The Labute approximate surface area is 58.3 Å². The highest BCUT2D eigenvalue weighted by Crippen LogP contribution is 2.41. The maximum absolute atomic E-state index is 4.19. The van der Waals surface area contributed by atoms with Gasteiger partial charge in [-0.25, -0.2) is 4.98 Å². The number of hydrogen-bond donors (Lipinski definition) is 1. The van der Waals surface area contributed by atoms with Crippen molar-refractivity contribution >= 4 is 12.2 Å². The quantitative estimate of drug-likeness (QED) is 0.512. The van der Waals surface area contributed by atoms with Crippen LogP contribution in [0.15, 0.2) is 6.33 Å². The molecular weight excluding hydrogens is 124 g/mol. The normalized spacial score (nSPS) is 33.2. The molecular formula is C8H8N2. The van der Waals surface area contributed by atoms with Crippen molar-refractivity contribution in [2.24, 2.45) is 11.8 Å². The van der Waals surface area contributed by atoms with E-state index in [0.717, 1.165) is 17.2 Å². The van der Waals surface area contributed by atoms with Crippen molar-refractivity contribution in [2.75, 3.05) is 0 Å². The predicted octanol–water partition coefficient (Wildman–Crippen LogP) is -0.380. The molecule has 1 aromatic heterocycles. The third-order valence-corrected chi connectivity index (χ3v) is 2.34. The van der Waals surface area contributed by atoms with E-state index in [-0.39, 0.29) is 0 Å². The summed E-state index contributed by atoms with van der Waals surface area (Å²) in [5.74, 6) is 1.64. The van der Waals surface area contributed by atoms with E-state index >= 15 is 0 Å². The van der Waals surface area contributed by atoms with Crippen LogP contribution in [-0.4, -0.2) is 9.97 Å². The van der Waals surface area contributed by atoms with Crippen molar-refractivity contribution in [1.29, 1.82) is 0 Å². The van der Waals surface area contributed by atoms with E-state index in [1.54, 1.807) is 6.33 Å². The van der Waals surface area contributed by atoms with Crippen LogP contribution in [0.3, 0.4) is 0 Å². The van der Waals surface area contributed by atoms with E-state index in [9.17, 15) is 0 Å². The number of rotatable bonds is 0. The van der Waals surface area contributed by atoms with Gasteiger partial charge in [0.05, 0.1) is 17.0 Å². The molecule has 50 valence electrons. The SMILES string of the molecule is C1=c2nc[nH]c2=CC2CC12. The van der Waals surface area contributed by atoms with Gasteiger partial charge in [0.15, 0.2) is 0 Å². The number of aromatic amines is 1. The summed E-state index contributed by atoms with van der Waals surface area (Å²) in [6.07, 6.45) is 7.68. The van der Waals surface area contributed by atoms with Gasteiger partial charge in [0.25, 0.3) is 0 Å². The molecule has 0 spiro atoms. The minimum Gasteiger partial charge on any atom is -0.345 e. The molecule has 2 aliphatic rings. The zero-order valence-electron chi connectivity index (χ0n) is 5.54. The Hall–Kier alpha value is -1.05. The van der Waals surface area contributed by atoms with Crippen LogP contribution in [0.5, 0.6) is 0 Å². The van der Waals surface area contributed by atoms with Crippen molar-refractivity contribution in [3.63, 3.8) is 0 Å². The molecule has 2 nitrogen and oxygen atoms in total. The van der Waals surface area contributed by atoms with E-state index in [0.29, 0.717) is 0 Å². The van der Waals surface area contributed by atoms with Crippen LogP contribution in [0.1, 0.15) is 6.42 Å². The molecule has 0 bridgehead atoms. The summed E-state index contributed by atoms with van der Waals surface area (Å²) in [6, 6.07) is 0. The molecule has 1 aromatic rings. The molecule has 3 rings (SSSR count). The highest BCUT2D eigenvalue weighted by Gasteiger charge is 2.34. The summed E-state index contributed by atoms with van der Waals surface area (Å²) in [4.78, 5) is 7.31. The lowest BCUT2D eigenvalue weighted by atomic mass is 10.2. The highest BCUT2D eigenvalue weighted by molar-refractivity contribution is 5.46. The van der Waals surface area contributed by atoms with Crippen molar-refractivity contribution in [1.82, 2.24) is 9.97 Å². The number of aromatic nitrogens is 2. The molecule has 2 atom stereocenters. The number of nitrogens with zero attached hydrogens (tertiary/aromatic N) is 1. The van der Waals surface area contributed by atoms with Crippen LogP contribution >= 0.6 is 0 Å². The molecule has 0 radical (unpaired) electrons. The Morgan fingerprint density at radius 2 is 2.30 bits per heavy atom. The first kappa shape index (κ1) is 4.72. The first-order valence-electron chi connectivity index (χ1n) is 3.66. The minimum atomic E-state index is 0.816. The summed E-state index contributed by atoms with van der Waals surface area (Å²) < 4.78 is 0. The number of hydrogen-bond acceptors (Lipinski definition) is 1. The Bertz CT molecular complexity index is 340. The van der Waals surface area contributed by atoms with Crippen LogP contribution in [0, 0.1) is 11.8 Å². The Balaban J connectivity index is 2.46. The van der Waals surface area contributed by atoms with Crippen molar-refractivity contribution in [3.05, 3.63) is 17.0 Å². The van der Waals surface area contributed by atoms with E-state index in [1.807, 2.05) is 0 Å². The lowest BCUT2D eigenvalue weighted by Gasteiger charge is -1.89. The molecule has 0 aliphatic heterocycles. The molecule has 2 unspecified atom stereocenters. The minimum absolute atomic E-state index is 0.816. The Morgan fingerprint density at radius 3 is 3.30 bits per heavy atom. The molecule has 1 N–H and O–H groups in total. The lowest BCUT2D eigenvalue weighted by molar-refractivity contribution is 1.04. The second-order valence-electron chi connectivity index (χ2n) is 3.10. The Kier molecular flexibility index (Phi) is 0.631. The van der Waals surface area contributed by atoms with Gasteiger partial charge < -0.3 is 4.98 Å².